The molecule has 2 rings (SSSR count). The van der Waals surface area contributed by atoms with Crippen LogP contribution in [-0.4, -0.2) is 21.3 Å². The molecule has 3 nitrogen and oxygen atoms in total. The first-order valence-corrected chi connectivity index (χ1v) is 4.17. The molecule has 0 bridgehead atoms. The normalized spacial score (nSPS) is 10.9. The second kappa shape index (κ2) is 3.12. The molecule has 0 amide bonds. The van der Waals surface area contributed by atoms with Crippen molar-refractivity contribution in [2.24, 2.45) is 0 Å². The average Bonchev–Trinajstić information content (AvgIpc) is 2.49. The predicted octanol–water partition coefficient (Wildman–Crippen LogP) is 1.55. The topological polar surface area (TPSA) is 30.2 Å². The quantitative estimate of drug-likeness (QED) is 0.700. The van der Waals surface area contributed by atoms with Crippen LogP contribution in [-0.2, 0) is 6.42 Å². The molecule has 0 aliphatic carbocycles. The molecule has 0 aliphatic rings. The summed E-state index contributed by atoms with van der Waals surface area (Å²) in [5.74, 6) is 0. The van der Waals surface area contributed by atoms with E-state index < -0.39 is 0 Å². The minimum Gasteiger partial charge on any atom is -0.251 e. The first kappa shape index (κ1) is 8.16. The van der Waals surface area contributed by atoms with E-state index in [1.165, 1.54) is 0 Å². The monoisotopic (exact) mass is 179 g/mol. The first-order valence-electron chi connectivity index (χ1n) is 4.17. The molecule has 0 unspecified atom stereocenters. The smallest absolute Gasteiger partial charge is 0.153 e. The zero-order valence-electron chi connectivity index (χ0n) is 7.37. The summed E-state index contributed by atoms with van der Waals surface area (Å²) in [6.07, 6.45) is 2.04. The second-order valence-corrected chi connectivity index (χ2v) is 2.93. The maximum absolute atomic E-state index is 12.1. The Morgan fingerprint density at radius 1 is 1.46 bits per heavy atom. The Bertz CT molecular complexity index is 422. The van der Waals surface area contributed by atoms with Crippen LogP contribution < -0.4 is 0 Å². The predicted molar refractivity (Wildman–Crippen MR) is 47.4 cm³/mol. The number of hydrogen-bond acceptors (Lipinski definition) is 2. The van der Waals surface area contributed by atoms with E-state index in [2.05, 4.69) is 10.1 Å². The molecule has 0 spiro atoms. The molecule has 0 N–H and O–H groups in total. The van der Waals surface area contributed by atoms with Crippen molar-refractivity contribution in [2.45, 2.75) is 13.3 Å². The van der Waals surface area contributed by atoms with Gasteiger partial charge in [-0.1, -0.05) is 0 Å². The van der Waals surface area contributed by atoms with Gasteiger partial charge in [0.1, 0.15) is 0 Å². The summed E-state index contributed by atoms with van der Waals surface area (Å²) < 4.78 is 13.8. The zero-order valence-corrected chi connectivity index (χ0v) is 7.37. The highest BCUT2D eigenvalue weighted by atomic mass is 19.1. The van der Waals surface area contributed by atoms with Crippen LogP contribution in [0.5, 0.6) is 0 Å². The average molecular weight is 179 g/mol. The summed E-state index contributed by atoms with van der Waals surface area (Å²) in [5.41, 5.74) is 2.50. The van der Waals surface area contributed by atoms with E-state index in [1.807, 2.05) is 19.1 Å². The van der Waals surface area contributed by atoms with Crippen LogP contribution in [0.4, 0.5) is 4.39 Å². The third-order valence-electron chi connectivity index (χ3n) is 1.92. The summed E-state index contributed by atoms with van der Waals surface area (Å²) in [7, 11) is 0. The Morgan fingerprint density at radius 2 is 2.31 bits per heavy atom. The van der Waals surface area contributed by atoms with Crippen molar-refractivity contribution in [2.75, 3.05) is 6.67 Å². The van der Waals surface area contributed by atoms with E-state index in [0.717, 1.165) is 17.0 Å². The third-order valence-corrected chi connectivity index (χ3v) is 1.92. The molecule has 0 aromatic carbocycles. The van der Waals surface area contributed by atoms with Crippen molar-refractivity contribution in [3.8, 4) is 0 Å². The summed E-state index contributed by atoms with van der Waals surface area (Å²) in [6.45, 7) is 1.53. The lowest BCUT2D eigenvalue weighted by Crippen LogP contribution is -1.99. The Labute approximate surface area is 75.2 Å². The van der Waals surface area contributed by atoms with Crippen LogP contribution in [0.15, 0.2) is 18.3 Å². The van der Waals surface area contributed by atoms with Crippen molar-refractivity contribution in [3.05, 3.63) is 29.7 Å². The fraction of sp³-hybridized carbons (Fsp3) is 0.333. The summed E-state index contributed by atoms with van der Waals surface area (Å²) in [4.78, 5) is 4.11. The Morgan fingerprint density at radius 3 is 3.08 bits per heavy atom. The van der Waals surface area contributed by atoms with E-state index >= 15 is 0 Å². The number of halogens is 1. The molecule has 2 aromatic heterocycles. The third kappa shape index (κ3) is 1.39. The maximum atomic E-state index is 12.1. The molecule has 4 heteroatoms. The highest BCUT2D eigenvalue weighted by Gasteiger charge is 2.03. The lowest BCUT2D eigenvalue weighted by Gasteiger charge is -1.98. The van der Waals surface area contributed by atoms with Gasteiger partial charge >= 0.3 is 0 Å². The SMILES string of the molecule is Cc1ccc2ncc(CCF)n2n1. The molecule has 2 heterocycles. The molecule has 0 radical (unpaired) electrons. The van der Waals surface area contributed by atoms with Crippen LogP contribution in [0.1, 0.15) is 11.4 Å². The van der Waals surface area contributed by atoms with E-state index in [-0.39, 0.29) is 6.67 Å². The van der Waals surface area contributed by atoms with Gasteiger partial charge in [0.15, 0.2) is 5.65 Å². The summed E-state index contributed by atoms with van der Waals surface area (Å²) in [5, 5.41) is 4.24. The largest absolute Gasteiger partial charge is 0.251 e. The number of fused-ring (bicyclic) bond motifs is 1. The zero-order chi connectivity index (χ0) is 9.26. The molecular weight excluding hydrogens is 169 g/mol. The minimum atomic E-state index is -0.372. The van der Waals surface area contributed by atoms with Crippen LogP contribution >= 0.6 is 0 Å². The van der Waals surface area contributed by atoms with Gasteiger partial charge < -0.3 is 0 Å². The van der Waals surface area contributed by atoms with Crippen molar-refractivity contribution in [1.82, 2.24) is 14.6 Å². The number of alkyl halides is 1. The second-order valence-electron chi connectivity index (χ2n) is 2.93. The van der Waals surface area contributed by atoms with Gasteiger partial charge in [-0.2, -0.15) is 5.10 Å². The molecule has 0 saturated heterocycles. The maximum Gasteiger partial charge on any atom is 0.153 e. The van der Waals surface area contributed by atoms with E-state index in [9.17, 15) is 4.39 Å². The van der Waals surface area contributed by atoms with Gasteiger partial charge in [0.05, 0.1) is 24.3 Å². The van der Waals surface area contributed by atoms with Crippen molar-refractivity contribution < 1.29 is 4.39 Å². The number of aromatic nitrogens is 3. The summed E-state index contributed by atoms with van der Waals surface area (Å²) >= 11 is 0. The molecule has 0 saturated carbocycles. The Hall–Kier alpha value is -1.45. The van der Waals surface area contributed by atoms with Gasteiger partial charge in [-0.3, -0.25) is 4.39 Å². The number of aryl methyl sites for hydroxylation is 2. The van der Waals surface area contributed by atoms with E-state index in [4.69, 9.17) is 0 Å². The van der Waals surface area contributed by atoms with Crippen molar-refractivity contribution in [1.29, 1.82) is 0 Å². The van der Waals surface area contributed by atoms with Crippen LogP contribution in [0.25, 0.3) is 5.65 Å². The Balaban J connectivity index is 2.58. The highest BCUT2D eigenvalue weighted by molar-refractivity contribution is 5.38. The van der Waals surface area contributed by atoms with Gasteiger partial charge in [-0.05, 0) is 19.1 Å². The highest BCUT2D eigenvalue weighted by Crippen LogP contribution is 2.06. The van der Waals surface area contributed by atoms with E-state index in [1.54, 1.807) is 10.7 Å². The van der Waals surface area contributed by atoms with Gasteiger partial charge in [0.2, 0.25) is 0 Å². The number of imidazole rings is 1. The van der Waals surface area contributed by atoms with Gasteiger partial charge in [-0.15, -0.1) is 0 Å². The Kier molecular flexibility index (Phi) is 1.96. The fourth-order valence-electron chi connectivity index (χ4n) is 1.28. The molecular formula is C9H10FN3. The van der Waals surface area contributed by atoms with Crippen molar-refractivity contribution in [3.63, 3.8) is 0 Å². The van der Waals surface area contributed by atoms with Crippen LogP contribution in [0.3, 0.4) is 0 Å². The fourth-order valence-corrected chi connectivity index (χ4v) is 1.28. The molecule has 13 heavy (non-hydrogen) atoms. The van der Waals surface area contributed by atoms with Gasteiger partial charge in [0.25, 0.3) is 0 Å². The molecule has 0 aliphatic heterocycles. The molecule has 0 atom stereocenters. The molecule has 2 aromatic rings. The number of hydrogen-bond donors (Lipinski definition) is 0. The lowest BCUT2D eigenvalue weighted by atomic mass is 10.3. The standard InChI is InChI=1S/C9H10FN3/c1-7-2-3-9-11-6-8(4-5-10)13(9)12-7/h2-3,6H,4-5H2,1H3. The minimum absolute atomic E-state index is 0.372. The van der Waals surface area contributed by atoms with Crippen LogP contribution in [0, 0.1) is 6.92 Å². The first-order chi connectivity index (χ1) is 6.31. The number of rotatable bonds is 2. The molecule has 0 fully saturated rings. The molecule has 68 valence electrons. The van der Waals surface area contributed by atoms with E-state index in [0.29, 0.717) is 6.42 Å². The summed E-state index contributed by atoms with van der Waals surface area (Å²) in [6, 6.07) is 3.77. The number of nitrogens with zero attached hydrogens (tertiary/aromatic N) is 3. The van der Waals surface area contributed by atoms with Gasteiger partial charge in [-0.25, -0.2) is 9.50 Å². The lowest BCUT2D eigenvalue weighted by molar-refractivity contribution is 0.489. The van der Waals surface area contributed by atoms with Gasteiger partial charge in [0, 0.05) is 6.42 Å². The van der Waals surface area contributed by atoms with Crippen LogP contribution in [0.2, 0.25) is 0 Å². The van der Waals surface area contributed by atoms with Crippen molar-refractivity contribution >= 4 is 5.65 Å².